The Balaban J connectivity index is 1.32. The van der Waals surface area contributed by atoms with Crippen LogP contribution in [0.25, 0.3) is 11.0 Å². The number of carboxylic acids is 3. The van der Waals surface area contributed by atoms with Crippen LogP contribution in [0, 0.1) is 6.92 Å². The van der Waals surface area contributed by atoms with Gasteiger partial charge in [0.15, 0.2) is 17.9 Å². The molecule has 4 heterocycles. The van der Waals surface area contributed by atoms with Gasteiger partial charge < -0.3 is 49.3 Å². The molecule has 2 aromatic carbocycles. The van der Waals surface area contributed by atoms with E-state index in [1.807, 2.05) is 0 Å². The van der Waals surface area contributed by atoms with Gasteiger partial charge in [-0.15, -0.1) is 16.9 Å². The van der Waals surface area contributed by atoms with Gasteiger partial charge >= 0.3 is 29.8 Å². The number of β-lactam (4-membered cyclic amide) rings is 1. The molecule has 3 atom stereocenters. The van der Waals surface area contributed by atoms with Crippen LogP contribution in [-0.2, 0) is 44.8 Å². The fourth-order valence-corrected chi connectivity index (χ4v) is 8.91. The maximum Gasteiger partial charge on any atom is 0.352 e. The number of aliphatic carboxylic acids is 3. The largest absolute Gasteiger partial charge is 0.482 e. The van der Waals surface area contributed by atoms with Crippen LogP contribution in [0.1, 0.15) is 41.6 Å². The molecule has 0 aliphatic carbocycles. The first kappa shape index (κ1) is 45.2. The smallest absolute Gasteiger partial charge is 0.352 e. The molecule has 1 saturated heterocycles. The van der Waals surface area contributed by atoms with Gasteiger partial charge in [-0.05, 0) is 52.8 Å². The van der Waals surface area contributed by atoms with Gasteiger partial charge in [0.05, 0.1) is 5.39 Å². The molecule has 24 nitrogen and oxygen atoms in total. The lowest BCUT2D eigenvalue weighted by Gasteiger charge is -2.56. The summed E-state index contributed by atoms with van der Waals surface area (Å²) < 4.78 is 27.9. The van der Waals surface area contributed by atoms with Crippen molar-refractivity contribution in [3.63, 3.8) is 0 Å². The minimum absolute atomic E-state index is 0.0128. The zero-order valence-corrected chi connectivity index (χ0v) is 34.7. The third-order valence-electron chi connectivity index (χ3n) is 9.10. The summed E-state index contributed by atoms with van der Waals surface area (Å²) in [5.41, 5.74) is -4.27. The SMILES string of the molecule is CO[C@@]1(NC(=O)C(NC(=O)c2c(C)oc3c(OC(C)=O)c(OC(C)=O)ccc3c2=O)c2ccc(OCC(=O)O)cc2)C(=O)N2C(C(=O)O)=C(CSc3nnnn3CC(=O)O)CS[C@H]21. The van der Waals surface area contributed by atoms with Crippen LogP contribution in [0.3, 0.4) is 0 Å². The number of ether oxygens (including phenoxy) is 4. The van der Waals surface area contributed by atoms with Crippen molar-refractivity contribution in [1.82, 2.24) is 35.7 Å². The van der Waals surface area contributed by atoms with Crippen LogP contribution in [0.15, 0.2) is 62.0 Å². The molecule has 26 heteroatoms. The number of fused-ring (bicyclic) bond motifs is 2. The third kappa shape index (κ3) is 9.16. The van der Waals surface area contributed by atoms with Crippen molar-refractivity contribution in [3.05, 3.63) is 74.8 Å². The predicted molar refractivity (Wildman–Crippen MR) is 211 cm³/mol. The van der Waals surface area contributed by atoms with Crippen LogP contribution in [0.2, 0.25) is 0 Å². The van der Waals surface area contributed by atoms with E-state index in [-0.39, 0.29) is 56.0 Å². The topological polar surface area (TPSA) is 335 Å². The van der Waals surface area contributed by atoms with Gasteiger partial charge in [0.1, 0.15) is 40.7 Å². The lowest BCUT2D eigenvalue weighted by Crippen LogP contribution is -2.81. The van der Waals surface area contributed by atoms with Crippen LogP contribution >= 0.6 is 23.5 Å². The van der Waals surface area contributed by atoms with Gasteiger partial charge in [0.2, 0.25) is 22.2 Å². The van der Waals surface area contributed by atoms with Crippen molar-refractivity contribution < 1.29 is 77.0 Å². The van der Waals surface area contributed by atoms with Crippen LogP contribution in [0.5, 0.6) is 17.2 Å². The van der Waals surface area contributed by atoms with E-state index < -0.39 is 100 Å². The first-order valence-corrected chi connectivity index (χ1v) is 20.0. The molecule has 0 saturated carbocycles. The Morgan fingerprint density at radius 2 is 1.70 bits per heavy atom. The van der Waals surface area contributed by atoms with Crippen molar-refractivity contribution in [3.8, 4) is 17.2 Å². The number of thioether (sulfide) groups is 2. The second-order valence-electron chi connectivity index (χ2n) is 13.3. The third-order valence-corrected chi connectivity index (χ3v) is 11.5. The average molecular weight is 912 g/mol. The summed E-state index contributed by atoms with van der Waals surface area (Å²) in [4.78, 5) is 116. The summed E-state index contributed by atoms with van der Waals surface area (Å²) in [5.74, 6) is -9.92. The Bertz CT molecular complexity index is 2680. The standard InChI is InChI=1S/C37H33N7O17S2/c1-15-25(28(51)21-9-10-22(60-16(2)45)30(29(21)59-15)61-17(3)46)31(52)38-26(18-5-7-20(8-6-18)58-12-24(49)50)32(53)39-37(57-4)34(56)44-27(33(54)55)19(13-62-35(37)44)14-63-36-40-41-42-43(36)11-23(47)48/h5-10,26,35H,11-14H2,1-4H3,(H,38,52)(H,39,53)(H,47,48)(H,49,50)(H,54,55)/t26?,35-,37-/m0/s1. The zero-order chi connectivity index (χ0) is 45.9. The monoisotopic (exact) mass is 911 g/mol. The van der Waals surface area contributed by atoms with E-state index in [2.05, 4.69) is 26.2 Å². The minimum Gasteiger partial charge on any atom is -0.482 e. The first-order chi connectivity index (χ1) is 29.9. The number of hydrogen-bond acceptors (Lipinski definition) is 19. The van der Waals surface area contributed by atoms with Crippen molar-refractivity contribution in [2.75, 3.05) is 25.2 Å². The number of hydrogen-bond donors (Lipinski definition) is 5. The molecule has 5 N–H and O–H groups in total. The Kier molecular flexibility index (Phi) is 13.2. The molecule has 4 aromatic rings. The molecule has 63 heavy (non-hydrogen) atoms. The zero-order valence-electron chi connectivity index (χ0n) is 33.1. The number of tetrazole rings is 1. The van der Waals surface area contributed by atoms with Gasteiger partial charge in [0, 0.05) is 32.5 Å². The molecule has 330 valence electrons. The normalized spacial score (nSPS) is 17.2. The summed E-state index contributed by atoms with van der Waals surface area (Å²) in [6.45, 7) is 2.10. The molecule has 1 unspecified atom stereocenters. The molecule has 2 aliphatic rings. The molecule has 1 fully saturated rings. The van der Waals surface area contributed by atoms with Gasteiger partial charge in [-0.2, -0.15) is 0 Å². The van der Waals surface area contributed by atoms with E-state index in [0.29, 0.717) is 0 Å². The van der Waals surface area contributed by atoms with Gasteiger partial charge in [-0.3, -0.25) is 38.5 Å². The van der Waals surface area contributed by atoms with Crippen LogP contribution in [-0.4, -0.2) is 124 Å². The summed E-state index contributed by atoms with van der Waals surface area (Å²) in [6.07, 6.45) is 0. The van der Waals surface area contributed by atoms with E-state index >= 15 is 0 Å². The number of rotatable bonds is 17. The minimum atomic E-state index is -2.20. The van der Waals surface area contributed by atoms with Gasteiger partial charge in [-0.25, -0.2) is 14.3 Å². The molecule has 0 radical (unpaired) electrons. The van der Waals surface area contributed by atoms with Gasteiger partial charge in [0.25, 0.3) is 17.5 Å². The van der Waals surface area contributed by atoms with Crippen molar-refractivity contribution in [2.24, 2.45) is 0 Å². The second kappa shape index (κ2) is 18.3. The molecule has 0 bridgehead atoms. The average Bonchev–Trinajstić information content (AvgIpc) is 3.66. The Morgan fingerprint density at radius 3 is 2.32 bits per heavy atom. The molecule has 3 amide bonds. The van der Waals surface area contributed by atoms with Crippen molar-refractivity contribution in [1.29, 1.82) is 0 Å². The number of carboxylic acid groups (broad SMARTS) is 3. The number of esters is 2. The summed E-state index contributed by atoms with van der Waals surface area (Å²) in [6, 6.07) is 5.74. The summed E-state index contributed by atoms with van der Waals surface area (Å²) >= 11 is 1.96. The number of nitrogens with one attached hydrogen (secondary N) is 2. The molecule has 6 rings (SSSR count). The number of amides is 3. The summed E-state index contributed by atoms with van der Waals surface area (Å²) in [5, 5.41) is 42.9. The van der Waals surface area contributed by atoms with Crippen LogP contribution in [0.4, 0.5) is 0 Å². The number of aryl methyl sites for hydroxylation is 1. The number of carbonyl (C=O) groups is 8. The maximum atomic E-state index is 14.4. The number of methoxy groups -OCH3 is 1. The number of benzene rings is 2. The maximum absolute atomic E-state index is 14.4. The Hall–Kier alpha value is -7.32. The number of carbonyl (C=O) groups excluding carboxylic acids is 5. The summed E-state index contributed by atoms with van der Waals surface area (Å²) in [7, 11) is 1.09. The second-order valence-corrected chi connectivity index (χ2v) is 15.3. The molecular weight excluding hydrogens is 879 g/mol. The fourth-order valence-electron chi connectivity index (χ4n) is 6.46. The van der Waals surface area contributed by atoms with E-state index in [1.54, 1.807) is 0 Å². The lowest BCUT2D eigenvalue weighted by molar-refractivity contribution is -0.192. The highest BCUT2D eigenvalue weighted by Crippen LogP contribution is 2.47. The van der Waals surface area contributed by atoms with E-state index in [9.17, 15) is 48.3 Å². The highest BCUT2D eigenvalue weighted by Gasteiger charge is 2.67. The number of aromatic nitrogens is 4. The highest BCUT2D eigenvalue weighted by atomic mass is 32.2. The van der Waals surface area contributed by atoms with E-state index in [1.165, 1.54) is 31.2 Å². The predicted octanol–water partition coefficient (Wildman–Crippen LogP) is 0.463. The first-order valence-electron chi connectivity index (χ1n) is 18.0. The highest BCUT2D eigenvalue weighted by molar-refractivity contribution is 8.01. The van der Waals surface area contributed by atoms with Crippen molar-refractivity contribution >= 4 is 82.1 Å². The molecule has 2 aromatic heterocycles. The molecule has 2 aliphatic heterocycles. The Labute approximate surface area is 360 Å². The molecule has 0 spiro atoms. The molecular formula is C37H33N7O17S2. The lowest BCUT2D eigenvalue weighted by atomic mass is 9.96. The quantitative estimate of drug-likeness (QED) is 0.0316. The number of nitrogens with zero attached hydrogens (tertiary/aromatic N) is 5. The Morgan fingerprint density at radius 1 is 1.00 bits per heavy atom. The van der Waals surface area contributed by atoms with Crippen molar-refractivity contribution in [2.45, 2.75) is 49.6 Å². The fraction of sp³-hybridized carbons (Fsp3) is 0.297. The van der Waals surface area contributed by atoms with Gasteiger partial charge in [-0.1, -0.05) is 23.9 Å². The van der Waals surface area contributed by atoms with E-state index in [0.717, 1.165) is 66.2 Å². The van der Waals surface area contributed by atoms with Crippen LogP contribution < -0.4 is 30.3 Å². The van der Waals surface area contributed by atoms with E-state index in [4.69, 9.17) is 33.6 Å².